The lowest BCUT2D eigenvalue weighted by Gasteiger charge is -2.19. The summed E-state index contributed by atoms with van der Waals surface area (Å²) in [6.07, 6.45) is 1.93. The number of carbonyl (C=O) groups excluding carboxylic acids is 2. The topological polar surface area (TPSA) is 87.5 Å². The fourth-order valence-electron chi connectivity index (χ4n) is 3.89. The van der Waals surface area contributed by atoms with Gasteiger partial charge in [-0.25, -0.2) is 14.4 Å². The number of nitrogens with zero attached hydrogens (tertiary/aromatic N) is 2. The molecule has 8 heteroatoms. The largest absolute Gasteiger partial charge is 0.462 e. The summed E-state index contributed by atoms with van der Waals surface area (Å²) in [5.74, 6) is -1.19. The van der Waals surface area contributed by atoms with Crippen molar-refractivity contribution in [3.8, 4) is 0 Å². The fourth-order valence-corrected chi connectivity index (χ4v) is 4.02. The monoisotopic (exact) mass is 452 g/mol. The number of esters is 2. The summed E-state index contributed by atoms with van der Waals surface area (Å²) in [7, 11) is 0. The molecule has 1 saturated carbocycles. The Morgan fingerprint density at radius 2 is 1.56 bits per heavy atom. The Morgan fingerprint density at radius 3 is 2.19 bits per heavy atom. The third-order valence-electron chi connectivity index (χ3n) is 5.50. The van der Waals surface area contributed by atoms with Crippen LogP contribution in [0, 0.1) is 5.92 Å². The maximum atomic E-state index is 12.6. The predicted molar refractivity (Wildman–Crippen MR) is 118 cm³/mol. The minimum Gasteiger partial charge on any atom is -0.462 e. The maximum absolute atomic E-state index is 12.6. The minimum atomic E-state index is -0.529. The second-order valence-corrected chi connectivity index (χ2v) is 7.99. The molecule has 1 fully saturated rings. The molecular formula is C24H21ClN2O5. The van der Waals surface area contributed by atoms with Gasteiger partial charge in [0.05, 0.1) is 17.7 Å². The zero-order valence-electron chi connectivity index (χ0n) is 17.1. The van der Waals surface area contributed by atoms with Crippen LogP contribution >= 0.6 is 11.6 Å². The van der Waals surface area contributed by atoms with E-state index in [1.165, 1.54) is 10.6 Å². The third-order valence-corrected chi connectivity index (χ3v) is 5.71. The fraction of sp³-hybridized carbons (Fsp3) is 0.250. The van der Waals surface area contributed by atoms with Gasteiger partial charge in [-0.15, -0.1) is 0 Å². The number of carbonyl (C=O) groups is 2. The molecule has 0 saturated heterocycles. The first-order chi connectivity index (χ1) is 15.5. The van der Waals surface area contributed by atoms with Crippen molar-refractivity contribution >= 4 is 23.5 Å². The zero-order valence-corrected chi connectivity index (χ0v) is 17.9. The second kappa shape index (κ2) is 9.78. The summed E-state index contributed by atoms with van der Waals surface area (Å²) in [6, 6.07) is 18.6. The van der Waals surface area contributed by atoms with Crippen LogP contribution in [0.3, 0.4) is 0 Å². The Morgan fingerprint density at radius 1 is 0.938 bits per heavy atom. The third kappa shape index (κ3) is 5.06. The van der Waals surface area contributed by atoms with Crippen molar-refractivity contribution in [2.75, 3.05) is 6.61 Å². The van der Waals surface area contributed by atoms with E-state index in [0.29, 0.717) is 24.0 Å². The van der Waals surface area contributed by atoms with Gasteiger partial charge >= 0.3 is 17.6 Å². The van der Waals surface area contributed by atoms with E-state index in [1.54, 1.807) is 54.7 Å². The van der Waals surface area contributed by atoms with Crippen LogP contribution in [-0.2, 0) is 9.47 Å². The van der Waals surface area contributed by atoms with Gasteiger partial charge in [0.15, 0.2) is 0 Å². The highest BCUT2D eigenvalue weighted by molar-refractivity contribution is 6.29. The summed E-state index contributed by atoms with van der Waals surface area (Å²) in [5, 5.41) is 0.115. The molecule has 1 aromatic heterocycles. The molecule has 0 aliphatic heterocycles. The average molecular weight is 453 g/mol. The number of rotatable bonds is 6. The minimum absolute atomic E-state index is 0.0622. The molecule has 3 aromatic rings. The molecule has 0 bridgehead atoms. The molecule has 0 amide bonds. The van der Waals surface area contributed by atoms with E-state index in [-0.39, 0.29) is 23.7 Å². The predicted octanol–water partition coefficient (Wildman–Crippen LogP) is 3.93. The molecule has 1 heterocycles. The Kier molecular flexibility index (Phi) is 6.66. The normalized spacial score (nSPS) is 20.0. The van der Waals surface area contributed by atoms with E-state index in [9.17, 15) is 14.4 Å². The first-order valence-corrected chi connectivity index (χ1v) is 10.6. The van der Waals surface area contributed by atoms with E-state index in [2.05, 4.69) is 4.98 Å². The molecular weight excluding hydrogens is 432 g/mol. The molecule has 2 aromatic carbocycles. The van der Waals surface area contributed by atoms with E-state index < -0.39 is 23.7 Å². The molecule has 1 aliphatic rings. The van der Waals surface area contributed by atoms with Crippen molar-refractivity contribution < 1.29 is 19.1 Å². The van der Waals surface area contributed by atoms with Gasteiger partial charge in [-0.3, -0.25) is 4.57 Å². The van der Waals surface area contributed by atoms with Crippen molar-refractivity contribution in [1.82, 2.24) is 9.55 Å². The van der Waals surface area contributed by atoms with Crippen molar-refractivity contribution in [2.24, 2.45) is 5.92 Å². The van der Waals surface area contributed by atoms with Crippen molar-refractivity contribution in [1.29, 1.82) is 0 Å². The Hall–Kier alpha value is -3.45. The van der Waals surface area contributed by atoms with Gasteiger partial charge in [0, 0.05) is 24.6 Å². The molecule has 1 aliphatic carbocycles. The molecule has 0 N–H and O–H groups in total. The number of ether oxygens (including phenoxy) is 2. The molecule has 32 heavy (non-hydrogen) atoms. The van der Waals surface area contributed by atoms with E-state index in [0.717, 1.165) is 0 Å². The van der Waals surface area contributed by atoms with Gasteiger partial charge in [-0.1, -0.05) is 48.0 Å². The number of halogens is 1. The highest BCUT2D eigenvalue weighted by Crippen LogP contribution is 2.37. The van der Waals surface area contributed by atoms with E-state index in [1.807, 2.05) is 12.1 Å². The number of benzene rings is 2. The second-order valence-electron chi connectivity index (χ2n) is 7.60. The Bertz CT molecular complexity index is 1150. The smallest absolute Gasteiger partial charge is 0.349 e. The average Bonchev–Trinajstić information content (AvgIpc) is 3.20. The lowest BCUT2D eigenvalue weighted by atomic mass is 10.1. The number of hydrogen-bond acceptors (Lipinski definition) is 6. The molecule has 7 nitrogen and oxygen atoms in total. The summed E-state index contributed by atoms with van der Waals surface area (Å²) < 4.78 is 12.8. The molecule has 164 valence electrons. The number of hydrogen-bond donors (Lipinski definition) is 0. The van der Waals surface area contributed by atoms with Gasteiger partial charge in [0.25, 0.3) is 0 Å². The first kappa shape index (κ1) is 21.8. The van der Waals surface area contributed by atoms with Crippen LogP contribution in [0.1, 0.15) is 39.6 Å². The Labute approximate surface area is 189 Å². The highest BCUT2D eigenvalue weighted by atomic mass is 35.5. The van der Waals surface area contributed by atoms with Crippen LogP contribution in [0.5, 0.6) is 0 Å². The van der Waals surface area contributed by atoms with Crippen LogP contribution in [0.25, 0.3) is 0 Å². The SMILES string of the molecule is O=C(OC[C@H]1C[C@@H](n2ccc(Cl)nc2=O)C[C@@H]1OC(=O)c1ccccc1)c1ccccc1. The molecule has 4 rings (SSSR count). The van der Waals surface area contributed by atoms with Crippen LogP contribution in [0.2, 0.25) is 5.15 Å². The molecule has 0 radical (unpaired) electrons. The molecule has 3 atom stereocenters. The number of aromatic nitrogens is 2. The van der Waals surface area contributed by atoms with Crippen molar-refractivity contribution in [2.45, 2.75) is 25.0 Å². The molecule has 0 unspecified atom stereocenters. The van der Waals surface area contributed by atoms with Crippen LogP contribution < -0.4 is 5.69 Å². The van der Waals surface area contributed by atoms with Gasteiger partial charge < -0.3 is 9.47 Å². The summed E-state index contributed by atoms with van der Waals surface area (Å²) in [6.45, 7) is 0.0622. The van der Waals surface area contributed by atoms with Crippen LogP contribution in [0.15, 0.2) is 77.7 Å². The zero-order chi connectivity index (χ0) is 22.5. The standard InChI is InChI=1S/C24H21ClN2O5/c25-21-11-12-27(24(30)26-21)19-13-18(15-31-22(28)16-7-3-1-4-8-16)20(14-19)32-23(29)17-9-5-2-6-10-17/h1-12,18-20H,13-15H2/t18-,19-,20+/m1/s1. The summed E-state index contributed by atoms with van der Waals surface area (Å²) in [5.41, 5.74) is 0.400. The lowest BCUT2D eigenvalue weighted by Crippen LogP contribution is -2.27. The van der Waals surface area contributed by atoms with Crippen LogP contribution in [-0.4, -0.2) is 34.2 Å². The van der Waals surface area contributed by atoms with Gasteiger partial charge in [0.1, 0.15) is 11.3 Å². The van der Waals surface area contributed by atoms with Gasteiger partial charge in [-0.05, 0) is 36.8 Å². The molecule has 0 spiro atoms. The van der Waals surface area contributed by atoms with Crippen LogP contribution in [0.4, 0.5) is 0 Å². The Balaban J connectivity index is 1.50. The summed E-state index contributed by atoms with van der Waals surface area (Å²) in [4.78, 5) is 41.1. The van der Waals surface area contributed by atoms with Gasteiger partial charge in [0.2, 0.25) is 0 Å². The quantitative estimate of drug-likeness (QED) is 0.416. The summed E-state index contributed by atoms with van der Waals surface area (Å²) >= 11 is 5.81. The first-order valence-electron chi connectivity index (χ1n) is 10.2. The van der Waals surface area contributed by atoms with E-state index in [4.69, 9.17) is 21.1 Å². The van der Waals surface area contributed by atoms with E-state index >= 15 is 0 Å². The highest BCUT2D eigenvalue weighted by Gasteiger charge is 2.39. The maximum Gasteiger partial charge on any atom is 0.349 e. The van der Waals surface area contributed by atoms with Crippen molar-refractivity contribution in [3.63, 3.8) is 0 Å². The lowest BCUT2D eigenvalue weighted by molar-refractivity contribution is 0.00476. The van der Waals surface area contributed by atoms with Crippen molar-refractivity contribution in [3.05, 3.63) is 99.7 Å². The van der Waals surface area contributed by atoms with Gasteiger partial charge in [-0.2, -0.15) is 4.98 Å².